The highest BCUT2D eigenvalue weighted by Crippen LogP contribution is 2.48. The first-order valence-electron chi connectivity index (χ1n) is 16.4. The lowest BCUT2D eigenvalue weighted by atomic mass is 9.68. The van der Waals surface area contributed by atoms with E-state index in [-0.39, 0.29) is 30.7 Å². The molecule has 1 atom stereocenters. The first-order chi connectivity index (χ1) is 20.6. The summed E-state index contributed by atoms with van der Waals surface area (Å²) in [4.78, 5) is 0. The average molecular weight is 611 g/mol. The van der Waals surface area contributed by atoms with Gasteiger partial charge in [-0.2, -0.15) is 8.78 Å². The van der Waals surface area contributed by atoms with Gasteiger partial charge in [-0.15, -0.1) is 6.58 Å². The molecule has 0 bridgehead atoms. The van der Waals surface area contributed by atoms with Gasteiger partial charge in [0.2, 0.25) is 6.36 Å². The zero-order valence-corrected chi connectivity index (χ0v) is 25.5. The van der Waals surface area contributed by atoms with E-state index in [4.69, 9.17) is 0 Å². The number of rotatable bonds is 12. The van der Waals surface area contributed by atoms with Gasteiger partial charge in [-0.1, -0.05) is 24.6 Å². The lowest BCUT2D eigenvalue weighted by molar-refractivity contribution is -0.309. The van der Waals surface area contributed by atoms with E-state index in [1.807, 2.05) is 12.1 Å². The van der Waals surface area contributed by atoms with E-state index in [0.717, 1.165) is 68.1 Å². The van der Waals surface area contributed by atoms with Crippen molar-refractivity contribution in [3.8, 4) is 0 Å². The van der Waals surface area contributed by atoms with Crippen molar-refractivity contribution in [1.29, 1.82) is 0 Å². The third kappa shape index (κ3) is 9.25. The summed E-state index contributed by atoms with van der Waals surface area (Å²) in [5, 5.41) is 0. The Hall–Kier alpha value is -2.02. The lowest BCUT2D eigenvalue weighted by Gasteiger charge is -2.39. The van der Waals surface area contributed by atoms with Gasteiger partial charge in [0, 0.05) is 6.08 Å². The molecule has 0 saturated heterocycles. The molecule has 1 unspecified atom stereocenters. The highest BCUT2D eigenvalue weighted by molar-refractivity contribution is 5.30. The molecule has 0 aliphatic heterocycles. The van der Waals surface area contributed by atoms with Crippen molar-refractivity contribution in [2.24, 2.45) is 23.7 Å². The number of halogens is 6. The molecule has 1 nitrogen and oxygen atoms in total. The molecule has 0 spiro atoms. The van der Waals surface area contributed by atoms with Crippen molar-refractivity contribution in [2.45, 2.75) is 128 Å². The van der Waals surface area contributed by atoms with Crippen molar-refractivity contribution in [3.63, 3.8) is 0 Å². The van der Waals surface area contributed by atoms with Crippen LogP contribution in [0.3, 0.4) is 0 Å². The third-order valence-corrected chi connectivity index (χ3v) is 10.5. The number of ether oxygens (including phenoxy) is 1. The van der Waals surface area contributed by atoms with Crippen LogP contribution in [0.1, 0.15) is 126 Å². The Morgan fingerprint density at radius 3 is 2.09 bits per heavy atom. The molecule has 3 fully saturated rings. The van der Waals surface area contributed by atoms with Crippen LogP contribution in [-0.2, 0) is 4.74 Å². The van der Waals surface area contributed by atoms with Gasteiger partial charge in [0.1, 0.15) is 5.82 Å². The zero-order chi connectivity index (χ0) is 31.0. The minimum absolute atomic E-state index is 0.0850. The Morgan fingerprint density at radius 2 is 1.51 bits per heavy atom. The molecule has 7 heteroatoms. The fourth-order valence-corrected chi connectivity index (χ4v) is 7.90. The van der Waals surface area contributed by atoms with E-state index in [9.17, 15) is 22.0 Å². The fourth-order valence-electron chi connectivity index (χ4n) is 7.90. The third-order valence-electron chi connectivity index (χ3n) is 10.5. The molecule has 3 saturated carbocycles. The summed E-state index contributed by atoms with van der Waals surface area (Å²) in [6.45, 7) is 5.02. The maximum absolute atomic E-state index is 15.3. The van der Waals surface area contributed by atoms with Gasteiger partial charge in [0.25, 0.3) is 0 Å². The summed E-state index contributed by atoms with van der Waals surface area (Å²) in [5.41, 5.74) is 1.93. The Morgan fingerprint density at radius 1 is 0.907 bits per heavy atom. The molecule has 0 amide bonds. The van der Waals surface area contributed by atoms with Crippen LogP contribution in [0, 0.1) is 29.5 Å². The van der Waals surface area contributed by atoms with Crippen LogP contribution in [0.4, 0.5) is 26.3 Å². The molecule has 0 N–H and O–H groups in total. The number of hydrogen-bond donors (Lipinski definition) is 0. The largest absolute Gasteiger partial charge is 0.361 e. The van der Waals surface area contributed by atoms with E-state index in [0.29, 0.717) is 30.6 Å². The van der Waals surface area contributed by atoms with Crippen LogP contribution in [0.15, 0.2) is 54.7 Å². The monoisotopic (exact) mass is 610 g/mol. The first-order valence-corrected chi connectivity index (χ1v) is 16.4. The molecule has 240 valence electrons. The van der Waals surface area contributed by atoms with E-state index >= 15 is 4.39 Å². The number of unbranched alkanes of at least 4 members (excludes halogenated alkanes) is 1. The van der Waals surface area contributed by atoms with Crippen LogP contribution in [-0.4, -0.2) is 12.5 Å². The lowest BCUT2D eigenvalue weighted by Crippen LogP contribution is -2.37. The van der Waals surface area contributed by atoms with Crippen LogP contribution >= 0.6 is 0 Å². The molecule has 3 aliphatic rings. The topological polar surface area (TPSA) is 9.23 Å². The van der Waals surface area contributed by atoms with Crippen molar-refractivity contribution in [1.82, 2.24) is 0 Å². The van der Waals surface area contributed by atoms with Gasteiger partial charge in [0.15, 0.2) is 11.7 Å². The summed E-state index contributed by atoms with van der Waals surface area (Å²) in [6.07, 6.45) is 9.80. The normalized spacial score (nSPS) is 30.2. The Kier molecular flexibility index (Phi) is 12.5. The smallest absolute Gasteiger partial charge is 0.281 e. The second-order valence-electron chi connectivity index (χ2n) is 13.1. The van der Waals surface area contributed by atoms with E-state index < -0.39 is 30.0 Å². The average Bonchev–Trinajstić information content (AvgIpc) is 3.01. The Labute approximate surface area is 253 Å². The highest BCUT2D eigenvalue weighted by atomic mass is 19.3. The predicted molar refractivity (Wildman–Crippen MR) is 160 cm³/mol. The quantitative estimate of drug-likeness (QED) is 0.0990. The summed E-state index contributed by atoms with van der Waals surface area (Å²) < 4.78 is 89.3. The maximum atomic E-state index is 15.3. The molecule has 0 aromatic heterocycles. The Balaban J connectivity index is 1.22. The summed E-state index contributed by atoms with van der Waals surface area (Å²) >= 11 is 0. The molecule has 3 aliphatic carbocycles. The summed E-state index contributed by atoms with van der Waals surface area (Å²) in [7, 11) is 0. The molecule has 1 aromatic carbocycles. The van der Waals surface area contributed by atoms with Crippen molar-refractivity contribution >= 4 is 0 Å². The van der Waals surface area contributed by atoms with E-state index in [2.05, 4.69) is 17.4 Å². The van der Waals surface area contributed by atoms with Gasteiger partial charge >= 0.3 is 6.11 Å². The number of alkyl halides is 3. The number of hydrogen-bond acceptors (Lipinski definition) is 1. The van der Waals surface area contributed by atoms with Gasteiger partial charge in [-0.3, -0.25) is 4.74 Å². The second kappa shape index (κ2) is 15.8. The van der Waals surface area contributed by atoms with Crippen LogP contribution in [0.25, 0.3) is 0 Å². The van der Waals surface area contributed by atoms with Gasteiger partial charge < -0.3 is 0 Å². The first kappa shape index (κ1) is 33.9. The van der Waals surface area contributed by atoms with Gasteiger partial charge in [-0.05, 0) is 150 Å². The fraction of sp³-hybridized carbons (Fsp3) is 0.667. The maximum Gasteiger partial charge on any atom is 0.361 e. The molecule has 0 radical (unpaired) electrons. The van der Waals surface area contributed by atoms with Gasteiger partial charge in [-0.25, -0.2) is 17.6 Å². The van der Waals surface area contributed by atoms with Crippen molar-refractivity contribution in [2.75, 3.05) is 0 Å². The summed E-state index contributed by atoms with van der Waals surface area (Å²) in [5.74, 6) is -2.03. The molecule has 0 heterocycles. The molecule has 4 rings (SSSR count). The number of benzene rings is 1. The van der Waals surface area contributed by atoms with E-state index in [1.54, 1.807) is 6.07 Å². The molecular weight excluding hydrogens is 562 g/mol. The number of allylic oxidation sites excluding steroid dienone is 4. The van der Waals surface area contributed by atoms with Gasteiger partial charge in [0.05, 0.1) is 5.92 Å². The highest BCUT2D eigenvalue weighted by Gasteiger charge is 2.45. The Bertz CT molecular complexity index is 1090. The van der Waals surface area contributed by atoms with Crippen molar-refractivity contribution in [3.05, 3.63) is 71.6 Å². The summed E-state index contributed by atoms with van der Waals surface area (Å²) in [6, 6.07) is 5.92. The van der Waals surface area contributed by atoms with Crippen LogP contribution in [0.5, 0.6) is 0 Å². The second-order valence-corrected chi connectivity index (χ2v) is 13.1. The predicted octanol–water partition coefficient (Wildman–Crippen LogP) is 12.2. The zero-order valence-electron chi connectivity index (χ0n) is 25.5. The van der Waals surface area contributed by atoms with Crippen LogP contribution in [0.2, 0.25) is 0 Å². The molecular formula is C36H48F6O. The van der Waals surface area contributed by atoms with Crippen LogP contribution < -0.4 is 0 Å². The minimum Gasteiger partial charge on any atom is -0.281 e. The standard InChI is InChI=1S/C36H48F6O/c1-3-5-6-7-24-8-10-27(11-9-24)29-18-21-31(33(38)22-29)28-14-12-25(13-15-28)26-16-19-30(20-17-26)36(41,42)43-35(40)23-34(39)32(37)4-2/h3-4,18,21-28,30,35H,1,5-17,19-20H2,2H3/b32-4+,34-23+. The van der Waals surface area contributed by atoms with E-state index in [1.165, 1.54) is 32.6 Å². The molecule has 1 aromatic rings. The SMILES string of the molecule is C=CCCCC1CCC(c2ccc(C3CCC(C4CCC(C(F)(F)OC(F)/C=C(F)\C(F)=C/C)CC4)CC3)c(F)c2)CC1. The van der Waals surface area contributed by atoms with Crippen molar-refractivity contribution < 1.29 is 31.1 Å². The molecule has 43 heavy (non-hydrogen) atoms. The minimum atomic E-state index is -3.76.